The minimum atomic E-state index is 0.655. The summed E-state index contributed by atoms with van der Waals surface area (Å²) in [5, 5.41) is 3.27. The lowest BCUT2D eigenvalue weighted by Crippen LogP contribution is -2.29. The van der Waals surface area contributed by atoms with Gasteiger partial charge in [-0.05, 0) is 32.2 Å². The molecular formula is C9H21N. The summed E-state index contributed by atoms with van der Waals surface area (Å²) >= 11 is 0. The van der Waals surface area contributed by atoms with Gasteiger partial charge in [-0.15, -0.1) is 0 Å². The van der Waals surface area contributed by atoms with E-state index in [1.165, 1.54) is 6.42 Å². The van der Waals surface area contributed by atoms with Crippen LogP contribution in [-0.4, -0.2) is 13.1 Å². The fourth-order valence-electron chi connectivity index (χ4n) is 1.23. The molecule has 0 aliphatic rings. The van der Waals surface area contributed by atoms with Crippen molar-refractivity contribution in [2.45, 2.75) is 40.2 Å². The van der Waals surface area contributed by atoms with E-state index in [1.54, 1.807) is 0 Å². The Morgan fingerprint density at radius 2 is 1.60 bits per heavy atom. The van der Waals surface area contributed by atoms with Crippen LogP contribution < -0.4 is 5.32 Å². The second-order valence-electron chi connectivity index (χ2n) is 3.68. The van der Waals surface area contributed by atoms with Crippen LogP contribution in [0.25, 0.3) is 0 Å². The minimum absolute atomic E-state index is 0.655. The molecule has 0 aromatic rings. The topological polar surface area (TPSA) is 12.0 Å². The number of nitrogens with one attached hydrogen (secondary N) is 1. The van der Waals surface area contributed by atoms with E-state index in [9.17, 15) is 0 Å². The van der Waals surface area contributed by atoms with Gasteiger partial charge in [-0.25, -0.2) is 0 Å². The quantitative estimate of drug-likeness (QED) is 0.636. The molecule has 0 aromatic heterocycles. The van der Waals surface area contributed by atoms with Crippen molar-refractivity contribution in [3.8, 4) is 0 Å². The lowest BCUT2D eigenvalue weighted by atomic mass is 9.93. The zero-order chi connectivity index (χ0) is 8.15. The van der Waals surface area contributed by atoms with Gasteiger partial charge in [-0.3, -0.25) is 0 Å². The molecule has 1 nitrogen and oxygen atoms in total. The van der Waals surface area contributed by atoms with Crippen LogP contribution in [0.1, 0.15) is 34.1 Å². The van der Waals surface area contributed by atoms with Gasteiger partial charge in [-0.1, -0.05) is 20.8 Å². The van der Waals surface area contributed by atoms with E-state index in [0.717, 1.165) is 11.8 Å². The molecule has 0 radical (unpaired) electrons. The van der Waals surface area contributed by atoms with Crippen molar-refractivity contribution in [2.75, 3.05) is 7.05 Å². The first kappa shape index (κ1) is 9.96. The van der Waals surface area contributed by atoms with Crippen molar-refractivity contribution in [3.63, 3.8) is 0 Å². The molecule has 0 aromatic carbocycles. The predicted molar refractivity (Wildman–Crippen MR) is 47.1 cm³/mol. The summed E-state index contributed by atoms with van der Waals surface area (Å²) in [4.78, 5) is 0. The zero-order valence-electron chi connectivity index (χ0n) is 7.94. The van der Waals surface area contributed by atoms with Crippen molar-refractivity contribution in [1.82, 2.24) is 5.32 Å². The van der Waals surface area contributed by atoms with E-state index in [1.807, 2.05) is 7.05 Å². The molecule has 0 aliphatic carbocycles. The standard InChI is InChI=1S/C9H21N/c1-7(2)6-8(3)9(4)10-5/h7-10H,6H2,1-5H3. The minimum Gasteiger partial charge on any atom is -0.317 e. The van der Waals surface area contributed by atoms with E-state index in [2.05, 4.69) is 33.0 Å². The van der Waals surface area contributed by atoms with Gasteiger partial charge in [0.25, 0.3) is 0 Å². The van der Waals surface area contributed by atoms with Crippen LogP contribution in [0.3, 0.4) is 0 Å². The van der Waals surface area contributed by atoms with Crippen molar-refractivity contribution >= 4 is 0 Å². The third kappa shape index (κ3) is 3.89. The lowest BCUT2D eigenvalue weighted by molar-refractivity contribution is 0.354. The highest BCUT2D eigenvalue weighted by Crippen LogP contribution is 2.13. The predicted octanol–water partition coefficient (Wildman–Crippen LogP) is 2.28. The normalized spacial score (nSPS) is 17.4. The van der Waals surface area contributed by atoms with E-state index in [4.69, 9.17) is 0 Å². The Kier molecular flexibility index (Phi) is 4.71. The maximum absolute atomic E-state index is 3.27. The van der Waals surface area contributed by atoms with Gasteiger partial charge >= 0.3 is 0 Å². The first-order valence-electron chi connectivity index (χ1n) is 4.25. The number of hydrogen-bond donors (Lipinski definition) is 1. The fraction of sp³-hybridized carbons (Fsp3) is 1.00. The third-order valence-electron chi connectivity index (χ3n) is 2.15. The van der Waals surface area contributed by atoms with Crippen molar-refractivity contribution in [2.24, 2.45) is 11.8 Å². The summed E-state index contributed by atoms with van der Waals surface area (Å²) in [5.74, 6) is 1.62. The lowest BCUT2D eigenvalue weighted by Gasteiger charge is -2.20. The third-order valence-corrected chi connectivity index (χ3v) is 2.15. The number of hydrogen-bond acceptors (Lipinski definition) is 1. The van der Waals surface area contributed by atoms with Gasteiger partial charge in [0.15, 0.2) is 0 Å². The molecule has 0 amide bonds. The van der Waals surface area contributed by atoms with Crippen molar-refractivity contribution in [1.29, 1.82) is 0 Å². The van der Waals surface area contributed by atoms with Crippen LogP contribution in [0, 0.1) is 11.8 Å². The Balaban J connectivity index is 3.50. The highest BCUT2D eigenvalue weighted by atomic mass is 14.9. The maximum Gasteiger partial charge on any atom is 0.00614 e. The smallest absolute Gasteiger partial charge is 0.00614 e. The van der Waals surface area contributed by atoms with Crippen LogP contribution >= 0.6 is 0 Å². The molecule has 10 heavy (non-hydrogen) atoms. The highest BCUT2D eigenvalue weighted by molar-refractivity contribution is 4.67. The molecule has 2 atom stereocenters. The Labute approximate surface area is 65.2 Å². The monoisotopic (exact) mass is 143 g/mol. The Hall–Kier alpha value is -0.0400. The van der Waals surface area contributed by atoms with Gasteiger partial charge in [0.05, 0.1) is 0 Å². The fourth-order valence-corrected chi connectivity index (χ4v) is 1.23. The Morgan fingerprint density at radius 3 is 1.90 bits per heavy atom. The molecule has 0 spiro atoms. The first-order chi connectivity index (χ1) is 4.57. The molecule has 0 saturated heterocycles. The van der Waals surface area contributed by atoms with E-state index < -0.39 is 0 Å². The molecule has 1 heteroatoms. The molecule has 0 bridgehead atoms. The summed E-state index contributed by atoms with van der Waals surface area (Å²) < 4.78 is 0. The van der Waals surface area contributed by atoms with E-state index >= 15 is 0 Å². The van der Waals surface area contributed by atoms with Gasteiger partial charge in [-0.2, -0.15) is 0 Å². The van der Waals surface area contributed by atoms with Crippen LogP contribution in [-0.2, 0) is 0 Å². The van der Waals surface area contributed by atoms with Gasteiger partial charge in [0, 0.05) is 6.04 Å². The SMILES string of the molecule is CNC(C)C(C)CC(C)C. The molecule has 0 heterocycles. The second kappa shape index (κ2) is 4.73. The van der Waals surface area contributed by atoms with Crippen LogP contribution in [0.4, 0.5) is 0 Å². The Bertz CT molecular complexity index is 78.8. The van der Waals surface area contributed by atoms with Gasteiger partial charge < -0.3 is 5.32 Å². The van der Waals surface area contributed by atoms with Gasteiger partial charge in [0.1, 0.15) is 0 Å². The molecule has 2 unspecified atom stereocenters. The summed E-state index contributed by atoms with van der Waals surface area (Å²) in [7, 11) is 2.03. The first-order valence-corrected chi connectivity index (χ1v) is 4.25. The largest absolute Gasteiger partial charge is 0.317 e. The average Bonchev–Trinajstić information content (AvgIpc) is 1.85. The zero-order valence-corrected chi connectivity index (χ0v) is 7.94. The van der Waals surface area contributed by atoms with Crippen LogP contribution in [0.15, 0.2) is 0 Å². The molecule has 0 rings (SSSR count). The summed E-state index contributed by atoms with van der Waals surface area (Å²) in [6.45, 7) is 9.10. The van der Waals surface area contributed by atoms with Crippen molar-refractivity contribution < 1.29 is 0 Å². The highest BCUT2D eigenvalue weighted by Gasteiger charge is 2.10. The van der Waals surface area contributed by atoms with Gasteiger partial charge in [0.2, 0.25) is 0 Å². The second-order valence-corrected chi connectivity index (χ2v) is 3.68. The van der Waals surface area contributed by atoms with Crippen LogP contribution in [0.2, 0.25) is 0 Å². The average molecular weight is 143 g/mol. The molecule has 62 valence electrons. The summed E-state index contributed by atoms with van der Waals surface area (Å²) in [5.41, 5.74) is 0. The summed E-state index contributed by atoms with van der Waals surface area (Å²) in [6, 6.07) is 0.655. The maximum atomic E-state index is 3.27. The number of rotatable bonds is 4. The molecule has 0 saturated carbocycles. The molecule has 0 aliphatic heterocycles. The Morgan fingerprint density at radius 1 is 1.10 bits per heavy atom. The summed E-state index contributed by atoms with van der Waals surface area (Å²) in [6.07, 6.45) is 1.32. The van der Waals surface area contributed by atoms with E-state index in [-0.39, 0.29) is 0 Å². The van der Waals surface area contributed by atoms with Crippen LogP contribution in [0.5, 0.6) is 0 Å². The molecule has 1 N–H and O–H groups in total. The molecule has 0 fully saturated rings. The molecular weight excluding hydrogens is 122 g/mol. The van der Waals surface area contributed by atoms with Crippen molar-refractivity contribution in [3.05, 3.63) is 0 Å². The van der Waals surface area contributed by atoms with E-state index in [0.29, 0.717) is 6.04 Å².